The summed E-state index contributed by atoms with van der Waals surface area (Å²) >= 11 is 0. The first kappa shape index (κ1) is 16.5. The van der Waals surface area contributed by atoms with Crippen molar-refractivity contribution in [1.29, 1.82) is 5.26 Å². The number of benzene rings is 2. The fourth-order valence-corrected chi connectivity index (χ4v) is 2.87. The van der Waals surface area contributed by atoms with E-state index in [4.69, 9.17) is 5.73 Å². The van der Waals surface area contributed by atoms with Gasteiger partial charge in [-0.15, -0.1) is 0 Å². The lowest BCUT2D eigenvalue weighted by molar-refractivity contribution is -0.112. The minimum atomic E-state index is -0.543. The fourth-order valence-electron chi connectivity index (χ4n) is 2.87. The molecule has 25 heavy (non-hydrogen) atoms. The number of anilines is 1. The van der Waals surface area contributed by atoms with Gasteiger partial charge in [0, 0.05) is 6.42 Å². The van der Waals surface area contributed by atoms with E-state index < -0.39 is 5.92 Å². The second-order valence-electron chi connectivity index (χ2n) is 5.66. The van der Waals surface area contributed by atoms with Gasteiger partial charge in [-0.2, -0.15) is 10.4 Å². The summed E-state index contributed by atoms with van der Waals surface area (Å²) in [5.41, 5.74) is 8.47. The number of hydrazone groups is 1. The van der Waals surface area contributed by atoms with Crippen molar-refractivity contribution in [3.05, 3.63) is 77.6 Å². The topological polar surface area (TPSA) is 82.5 Å². The van der Waals surface area contributed by atoms with E-state index in [0.717, 1.165) is 5.56 Å². The predicted molar refractivity (Wildman–Crippen MR) is 97.7 cm³/mol. The Kier molecular flexibility index (Phi) is 4.62. The number of para-hydroxylation sites is 1. The quantitative estimate of drug-likeness (QED) is 0.932. The largest absolute Gasteiger partial charge is 0.383 e. The van der Waals surface area contributed by atoms with Gasteiger partial charge in [0.2, 0.25) is 0 Å². The summed E-state index contributed by atoms with van der Waals surface area (Å²) < 4.78 is 0. The fraction of sp³-hybridized carbons (Fsp3) is 0.150. The molecule has 0 aliphatic carbocycles. The summed E-state index contributed by atoms with van der Waals surface area (Å²) in [6.07, 6.45) is 0.309. The van der Waals surface area contributed by atoms with Crippen molar-refractivity contribution in [2.75, 3.05) is 5.01 Å². The highest BCUT2D eigenvalue weighted by Gasteiger charge is 2.35. The Labute approximate surface area is 146 Å². The van der Waals surface area contributed by atoms with E-state index in [9.17, 15) is 10.1 Å². The Hall–Kier alpha value is -3.39. The molecule has 0 fully saturated rings. The minimum absolute atomic E-state index is 0.102. The minimum Gasteiger partial charge on any atom is -0.383 e. The molecule has 0 bridgehead atoms. The second-order valence-corrected chi connectivity index (χ2v) is 5.66. The molecule has 0 aromatic heterocycles. The van der Waals surface area contributed by atoms with E-state index in [-0.39, 0.29) is 11.6 Å². The molecule has 0 saturated carbocycles. The Bertz CT molecular complexity index is 879. The third-order valence-electron chi connectivity index (χ3n) is 4.13. The van der Waals surface area contributed by atoms with Crippen LogP contribution in [0.3, 0.4) is 0 Å². The molecule has 0 amide bonds. The molecule has 0 spiro atoms. The molecule has 1 unspecified atom stereocenters. The summed E-state index contributed by atoms with van der Waals surface area (Å²) in [6, 6.07) is 20.9. The zero-order valence-electron chi connectivity index (χ0n) is 13.9. The molecule has 1 atom stereocenters. The van der Waals surface area contributed by atoms with Gasteiger partial charge in [0.25, 0.3) is 0 Å². The van der Waals surface area contributed by atoms with Gasteiger partial charge in [-0.25, -0.2) is 5.01 Å². The van der Waals surface area contributed by atoms with Crippen LogP contribution in [-0.2, 0) is 4.79 Å². The molecule has 2 aromatic carbocycles. The van der Waals surface area contributed by atoms with E-state index in [1.165, 1.54) is 5.01 Å². The SMILES string of the molecule is CCC(=O)C1=NN(c2ccccc2)C(N)=C(C#N)C1c1ccccc1. The summed E-state index contributed by atoms with van der Waals surface area (Å²) in [5, 5.41) is 15.7. The Morgan fingerprint density at radius 1 is 1.16 bits per heavy atom. The van der Waals surface area contributed by atoms with Gasteiger partial charge in [-0.3, -0.25) is 4.79 Å². The van der Waals surface area contributed by atoms with Crippen molar-refractivity contribution in [3.8, 4) is 6.07 Å². The standard InChI is InChI=1S/C20H18N4O/c1-2-17(25)19-18(14-9-5-3-6-10-14)16(13-21)20(22)24(23-19)15-11-7-4-8-12-15/h3-12,18H,2,22H2,1H3. The Morgan fingerprint density at radius 2 is 1.76 bits per heavy atom. The monoisotopic (exact) mass is 330 g/mol. The maximum absolute atomic E-state index is 12.6. The molecule has 2 aromatic rings. The first-order valence-corrected chi connectivity index (χ1v) is 8.09. The average molecular weight is 330 g/mol. The van der Waals surface area contributed by atoms with Crippen LogP contribution in [0.15, 0.2) is 77.2 Å². The number of allylic oxidation sites excluding steroid dienone is 1. The number of carbonyl (C=O) groups excluding carboxylic acids is 1. The predicted octanol–water partition coefficient (Wildman–Crippen LogP) is 3.32. The molecule has 0 saturated heterocycles. The Balaban J connectivity index is 2.19. The van der Waals surface area contributed by atoms with Crippen molar-refractivity contribution < 1.29 is 4.79 Å². The third-order valence-corrected chi connectivity index (χ3v) is 4.13. The maximum atomic E-state index is 12.6. The van der Waals surface area contributed by atoms with Crippen LogP contribution >= 0.6 is 0 Å². The smallest absolute Gasteiger partial charge is 0.179 e. The molecule has 1 aliphatic rings. The zero-order chi connectivity index (χ0) is 17.8. The van der Waals surface area contributed by atoms with E-state index in [1.54, 1.807) is 6.92 Å². The van der Waals surface area contributed by atoms with Crippen LogP contribution in [0.5, 0.6) is 0 Å². The van der Waals surface area contributed by atoms with Crippen LogP contribution in [0.4, 0.5) is 5.69 Å². The maximum Gasteiger partial charge on any atom is 0.179 e. The van der Waals surface area contributed by atoms with Gasteiger partial charge in [0.05, 0.1) is 23.2 Å². The van der Waals surface area contributed by atoms with Crippen molar-refractivity contribution >= 4 is 17.2 Å². The molecular formula is C20H18N4O. The summed E-state index contributed by atoms with van der Waals surface area (Å²) in [5.74, 6) is -0.399. The van der Waals surface area contributed by atoms with Crippen molar-refractivity contribution in [1.82, 2.24) is 0 Å². The average Bonchev–Trinajstić information content (AvgIpc) is 2.68. The van der Waals surface area contributed by atoms with Crippen LogP contribution in [0, 0.1) is 11.3 Å². The molecular weight excluding hydrogens is 312 g/mol. The number of carbonyl (C=O) groups is 1. The van der Waals surface area contributed by atoms with Crippen LogP contribution in [0.25, 0.3) is 0 Å². The zero-order valence-corrected chi connectivity index (χ0v) is 13.9. The highest BCUT2D eigenvalue weighted by Crippen LogP contribution is 2.34. The lowest BCUT2D eigenvalue weighted by Gasteiger charge is -2.30. The first-order valence-electron chi connectivity index (χ1n) is 8.09. The number of hydrogen-bond acceptors (Lipinski definition) is 5. The van der Waals surface area contributed by atoms with Gasteiger partial charge in [0.1, 0.15) is 11.5 Å². The van der Waals surface area contributed by atoms with E-state index in [1.807, 2.05) is 60.7 Å². The molecule has 5 heteroatoms. The normalized spacial score (nSPS) is 17.0. The number of nitrogens with zero attached hydrogens (tertiary/aromatic N) is 3. The van der Waals surface area contributed by atoms with Crippen molar-refractivity contribution in [2.45, 2.75) is 19.3 Å². The highest BCUT2D eigenvalue weighted by molar-refractivity contribution is 6.43. The van der Waals surface area contributed by atoms with Crippen LogP contribution < -0.4 is 10.7 Å². The molecule has 1 aliphatic heterocycles. The van der Waals surface area contributed by atoms with E-state index in [2.05, 4.69) is 11.2 Å². The summed E-state index contributed by atoms with van der Waals surface area (Å²) in [4.78, 5) is 12.6. The van der Waals surface area contributed by atoms with Gasteiger partial charge in [0.15, 0.2) is 5.78 Å². The number of nitriles is 1. The summed E-state index contributed by atoms with van der Waals surface area (Å²) in [7, 11) is 0. The highest BCUT2D eigenvalue weighted by atomic mass is 16.1. The third kappa shape index (κ3) is 3.02. The van der Waals surface area contributed by atoms with Gasteiger partial charge < -0.3 is 5.73 Å². The van der Waals surface area contributed by atoms with Crippen LogP contribution in [0.1, 0.15) is 24.8 Å². The number of ketones is 1. The lowest BCUT2D eigenvalue weighted by Crippen LogP contribution is -2.37. The number of rotatable bonds is 4. The molecule has 5 nitrogen and oxygen atoms in total. The molecule has 0 radical (unpaired) electrons. The molecule has 3 rings (SSSR count). The number of nitrogens with two attached hydrogens (primary N) is 1. The molecule has 124 valence electrons. The number of hydrogen-bond donors (Lipinski definition) is 1. The number of Topliss-reactive ketones (excluding diaryl/α,β-unsaturated/α-hetero) is 1. The Morgan fingerprint density at radius 3 is 2.32 bits per heavy atom. The van der Waals surface area contributed by atoms with Crippen molar-refractivity contribution in [3.63, 3.8) is 0 Å². The van der Waals surface area contributed by atoms with Crippen molar-refractivity contribution in [2.24, 2.45) is 10.8 Å². The molecule has 2 N–H and O–H groups in total. The van der Waals surface area contributed by atoms with Gasteiger partial charge in [-0.1, -0.05) is 55.5 Å². The van der Waals surface area contributed by atoms with Gasteiger partial charge in [-0.05, 0) is 17.7 Å². The summed E-state index contributed by atoms with van der Waals surface area (Å²) in [6.45, 7) is 1.79. The van der Waals surface area contributed by atoms with Gasteiger partial charge >= 0.3 is 0 Å². The first-order chi connectivity index (χ1) is 12.2. The van der Waals surface area contributed by atoms with E-state index >= 15 is 0 Å². The second kappa shape index (κ2) is 7.02. The molecule has 1 heterocycles. The van der Waals surface area contributed by atoms with Crippen LogP contribution in [0.2, 0.25) is 0 Å². The van der Waals surface area contributed by atoms with E-state index in [0.29, 0.717) is 23.4 Å². The van der Waals surface area contributed by atoms with Crippen LogP contribution in [-0.4, -0.2) is 11.5 Å². The lowest BCUT2D eigenvalue weighted by atomic mass is 9.84.